The maximum absolute atomic E-state index is 5.39. The fourth-order valence-electron chi connectivity index (χ4n) is 1.68. The molecule has 1 atom stereocenters. The number of hydrogen-bond donors (Lipinski definition) is 1. The molecule has 13 heavy (non-hydrogen) atoms. The van der Waals surface area contributed by atoms with Crippen molar-refractivity contribution in [3.05, 3.63) is 0 Å². The van der Waals surface area contributed by atoms with E-state index in [0.29, 0.717) is 6.04 Å². The van der Waals surface area contributed by atoms with Gasteiger partial charge in [-0.15, -0.1) is 0 Å². The van der Waals surface area contributed by atoms with Crippen LogP contribution in [0.5, 0.6) is 0 Å². The maximum Gasteiger partial charge on any atom is 0.194 e. The Bertz CT molecular complexity index is 197. The first-order valence-electron chi connectivity index (χ1n) is 5.00. The molecule has 4 nitrogen and oxygen atoms in total. The summed E-state index contributed by atoms with van der Waals surface area (Å²) in [5.41, 5.74) is 0. The molecule has 2 heterocycles. The van der Waals surface area contributed by atoms with Gasteiger partial charge in [0.25, 0.3) is 0 Å². The van der Waals surface area contributed by atoms with Crippen molar-refractivity contribution in [2.24, 2.45) is 4.99 Å². The van der Waals surface area contributed by atoms with Gasteiger partial charge in [0.05, 0.1) is 13.2 Å². The summed E-state index contributed by atoms with van der Waals surface area (Å²) in [5.74, 6) is 1.07. The number of aliphatic imine (C=N–C) groups is 1. The van der Waals surface area contributed by atoms with Crippen LogP contribution >= 0.6 is 0 Å². The summed E-state index contributed by atoms with van der Waals surface area (Å²) in [6.07, 6.45) is 1.11. The van der Waals surface area contributed by atoms with Crippen molar-refractivity contribution in [3.63, 3.8) is 0 Å². The molecule has 2 rings (SSSR count). The number of rotatable bonds is 0. The van der Waals surface area contributed by atoms with E-state index in [1.165, 1.54) is 0 Å². The SMILES string of the molecule is CC1CN=C(N2CCCOCC2)N1. The first-order valence-corrected chi connectivity index (χ1v) is 5.00. The molecular formula is C9H17N3O. The van der Waals surface area contributed by atoms with Crippen LogP contribution in [-0.2, 0) is 4.74 Å². The van der Waals surface area contributed by atoms with Crippen LogP contribution in [0.25, 0.3) is 0 Å². The lowest BCUT2D eigenvalue weighted by atomic mass is 10.4. The van der Waals surface area contributed by atoms with E-state index < -0.39 is 0 Å². The second-order valence-corrected chi connectivity index (χ2v) is 3.66. The highest BCUT2D eigenvalue weighted by Gasteiger charge is 2.19. The highest BCUT2D eigenvalue weighted by molar-refractivity contribution is 5.81. The van der Waals surface area contributed by atoms with Gasteiger partial charge >= 0.3 is 0 Å². The second-order valence-electron chi connectivity index (χ2n) is 3.66. The third-order valence-electron chi connectivity index (χ3n) is 2.41. The summed E-state index contributed by atoms with van der Waals surface area (Å²) in [6, 6.07) is 0.499. The summed E-state index contributed by atoms with van der Waals surface area (Å²) >= 11 is 0. The van der Waals surface area contributed by atoms with Gasteiger partial charge in [-0.25, -0.2) is 0 Å². The van der Waals surface area contributed by atoms with Gasteiger partial charge < -0.3 is 15.0 Å². The van der Waals surface area contributed by atoms with Gasteiger partial charge in [0.2, 0.25) is 0 Å². The molecule has 1 unspecified atom stereocenters. The summed E-state index contributed by atoms with van der Waals surface area (Å²) in [6.45, 7) is 6.82. The largest absolute Gasteiger partial charge is 0.380 e. The molecule has 1 N–H and O–H groups in total. The average Bonchev–Trinajstić information content (AvgIpc) is 2.43. The third kappa shape index (κ3) is 2.12. The minimum atomic E-state index is 0.499. The number of ether oxygens (including phenoxy) is 1. The summed E-state index contributed by atoms with van der Waals surface area (Å²) in [5, 5.41) is 3.37. The fraction of sp³-hybridized carbons (Fsp3) is 0.889. The lowest BCUT2D eigenvalue weighted by molar-refractivity contribution is 0.147. The van der Waals surface area contributed by atoms with Crippen molar-refractivity contribution in [3.8, 4) is 0 Å². The Kier molecular flexibility index (Phi) is 2.68. The fourth-order valence-corrected chi connectivity index (χ4v) is 1.68. The van der Waals surface area contributed by atoms with Crippen LogP contribution in [0.15, 0.2) is 4.99 Å². The molecule has 1 fully saturated rings. The lowest BCUT2D eigenvalue weighted by Crippen LogP contribution is -2.42. The van der Waals surface area contributed by atoms with Crippen LogP contribution < -0.4 is 5.32 Å². The van der Waals surface area contributed by atoms with E-state index in [0.717, 1.165) is 45.2 Å². The van der Waals surface area contributed by atoms with Gasteiger partial charge in [-0.3, -0.25) is 4.99 Å². The van der Waals surface area contributed by atoms with E-state index in [4.69, 9.17) is 4.74 Å². The molecule has 0 aliphatic carbocycles. The Labute approximate surface area is 79.0 Å². The monoisotopic (exact) mass is 183 g/mol. The molecular weight excluding hydrogens is 166 g/mol. The topological polar surface area (TPSA) is 36.9 Å². The van der Waals surface area contributed by atoms with E-state index >= 15 is 0 Å². The van der Waals surface area contributed by atoms with Gasteiger partial charge in [-0.1, -0.05) is 0 Å². The van der Waals surface area contributed by atoms with E-state index in [9.17, 15) is 0 Å². The van der Waals surface area contributed by atoms with Crippen LogP contribution in [0.2, 0.25) is 0 Å². The van der Waals surface area contributed by atoms with E-state index in [2.05, 4.69) is 22.1 Å². The van der Waals surface area contributed by atoms with E-state index in [1.807, 2.05) is 0 Å². The smallest absolute Gasteiger partial charge is 0.194 e. The predicted octanol–water partition coefficient (Wildman–Crippen LogP) is 0.0564. The van der Waals surface area contributed by atoms with Gasteiger partial charge in [0.1, 0.15) is 0 Å². The van der Waals surface area contributed by atoms with Crippen molar-refractivity contribution in [1.82, 2.24) is 10.2 Å². The number of guanidine groups is 1. The van der Waals surface area contributed by atoms with Crippen molar-refractivity contribution < 1.29 is 4.74 Å². The normalized spacial score (nSPS) is 29.5. The predicted molar refractivity (Wildman–Crippen MR) is 51.9 cm³/mol. The Hall–Kier alpha value is -0.770. The van der Waals surface area contributed by atoms with Crippen LogP contribution in [0, 0.1) is 0 Å². The highest BCUT2D eigenvalue weighted by atomic mass is 16.5. The molecule has 0 amide bonds. The molecule has 2 aliphatic rings. The van der Waals surface area contributed by atoms with Gasteiger partial charge in [0, 0.05) is 25.7 Å². The quantitative estimate of drug-likeness (QED) is 0.577. The van der Waals surface area contributed by atoms with E-state index in [1.54, 1.807) is 0 Å². The number of hydrogen-bond acceptors (Lipinski definition) is 4. The third-order valence-corrected chi connectivity index (χ3v) is 2.41. The average molecular weight is 183 g/mol. The maximum atomic E-state index is 5.39. The molecule has 0 radical (unpaired) electrons. The lowest BCUT2D eigenvalue weighted by Gasteiger charge is -2.22. The highest BCUT2D eigenvalue weighted by Crippen LogP contribution is 2.04. The Balaban J connectivity index is 1.91. The summed E-state index contributed by atoms with van der Waals surface area (Å²) in [4.78, 5) is 6.75. The van der Waals surface area contributed by atoms with Crippen molar-refractivity contribution in [2.75, 3.05) is 32.8 Å². The summed E-state index contributed by atoms with van der Waals surface area (Å²) < 4.78 is 5.39. The van der Waals surface area contributed by atoms with Crippen LogP contribution in [0.1, 0.15) is 13.3 Å². The van der Waals surface area contributed by atoms with Gasteiger partial charge in [0.15, 0.2) is 5.96 Å². The van der Waals surface area contributed by atoms with Crippen LogP contribution in [0.3, 0.4) is 0 Å². The minimum absolute atomic E-state index is 0.499. The number of nitrogens with zero attached hydrogens (tertiary/aromatic N) is 2. The molecule has 1 saturated heterocycles. The first kappa shape index (κ1) is 8.81. The standard InChI is InChI=1S/C9H17N3O/c1-8-7-10-9(11-8)12-3-2-5-13-6-4-12/h8H,2-7H2,1H3,(H,10,11). The van der Waals surface area contributed by atoms with Crippen LogP contribution in [0.4, 0.5) is 0 Å². The van der Waals surface area contributed by atoms with Crippen molar-refractivity contribution in [1.29, 1.82) is 0 Å². The Morgan fingerprint density at radius 1 is 1.46 bits per heavy atom. The molecule has 0 saturated carbocycles. The van der Waals surface area contributed by atoms with Gasteiger partial charge in [-0.05, 0) is 13.3 Å². The summed E-state index contributed by atoms with van der Waals surface area (Å²) in [7, 11) is 0. The zero-order valence-corrected chi connectivity index (χ0v) is 8.12. The minimum Gasteiger partial charge on any atom is -0.380 e. The van der Waals surface area contributed by atoms with Crippen molar-refractivity contribution in [2.45, 2.75) is 19.4 Å². The van der Waals surface area contributed by atoms with Crippen molar-refractivity contribution >= 4 is 5.96 Å². The zero-order chi connectivity index (χ0) is 9.10. The molecule has 0 aromatic heterocycles. The molecule has 0 spiro atoms. The van der Waals surface area contributed by atoms with Gasteiger partial charge in [-0.2, -0.15) is 0 Å². The van der Waals surface area contributed by atoms with Crippen LogP contribution in [-0.4, -0.2) is 49.7 Å². The molecule has 0 aromatic rings. The number of nitrogens with one attached hydrogen (secondary N) is 1. The molecule has 4 heteroatoms. The Morgan fingerprint density at radius 3 is 3.15 bits per heavy atom. The Morgan fingerprint density at radius 2 is 2.38 bits per heavy atom. The van der Waals surface area contributed by atoms with E-state index in [-0.39, 0.29) is 0 Å². The molecule has 0 bridgehead atoms. The molecule has 0 aromatic carbocycles. The first-order chi connectivity index (χ1) is 6.36. The molecule has 2 aliphatic heterocycles. The second kappa shape index (κ2) is 3.96. The molecule has 74 valence electrons. The zero-order valence-electron chi connectivity index (χ0n) is 8.12.